The van der Waals surface area contributed by atoms with E-state index in [9.17, 15) is 39.6 Å². The van der Waals surface area contributed by atoms with Crippen LogP contribution in [0.3, 0.4) is 0 Å². The molecule has 0 spiro atoms. The predicted molar refractivity (Wildman–Crippen MR) is 117 cm³/mol. The molecule has 4 unspecified atom stereocenters. The molecule has 0 aliphatic heterocycles. The fraction of sp³-hybridized carbons (Fsp3) is 0.333. The number of ether oxygens (including phenoxy) is 1. The molecule has 178 valence electrons. The highest BCUT2D eigenvalue weighted by atomic mass is 16.5. The standard InChI is InChI=1S/C24H23NO9/c1-4-13(27)34-20-11-7-12(26)16(23(25)32)21(30)24(11,33)22(31)17-14(20)9(3)10-6-5-8(2)18(28)15(10)19(17)29/h5-6,11,14,20,28-30,33H,3-4,7H2,1-2H3,(H2,25,32). The highest BCUT2D eigenvalue weighted by Gasteiger charge is 2.65. The number of hydrogen-bond donors (Lipinski definition) is 5. The van der Waals surface area contributed by atoms with Crippen molar-refractivity contribution in [2.75, 3.05) is 0 Å². The molecule has 1 saturated carbocycles. The minimum Gasteiger partial charge on any atom is -0.508 e. The first-order valence-electron chi connectivity index (χ1n) is 10.6. The molecule has 0 aromatic heterocycles. The van der Waals surface area contributed by atoms with Gasteiger partial charge in [-0.15, -0.1) is 0 Å². The van der Waals surface area contributed by atoms with Gasteiger partial charge in [-0.25, -0.2) is 0 Å². The van der Waals surface area contributed by atoms with E-state index in [1.807, 2.05) is 0 Å². The molecule has 0 bridgehead atoms. The molecule has 1 aromatic carbocycles. The van der Waals surface area contributed by atoms with Crippen LogP contribution in [0.5, 0.6) is 5.75 Å². The summed E-state index contributed by atoms with van der Waals surface area (Å²) in [5.74, 6) is -9.23. The van der Waals surface area contributed by atoms with Crippen molar-refractivity contribution in [3.63, 3.8) is 0 Å². The number of phenols is 1. The normalized spacial score (nSPS) is 28.3. The molecule has 1 aromatic rings. The minimum atomic E-state index is -2.89. The van der Waals surface area contributed by atoms with E-state index >= 15 is 0 Å². The summed E-state index contributed by atoms with van der Waals surface area (Å²) in [7, 11) is 0. The lowest BCUT2D eigenvalue weighted by atomic mass is 9.56. The number of aryl methyl sites for hydroxylation is 1. The summed E-state index contributed by atoms with van der Waals surface area (Å²) in [5.41, 5.74) is 1.63. The fourth-order valence-corrected chi connectivity index (χ4v) is 5.09. The van der Waals surface area contributed by atoms with Gasteiger partial charge in [-0.2, -0.15) is 0 Å². The van der Waals surface area contributed by atoms with Crippen LogP contribution in [0, 0.1) is 18.8 Å². The van der Waals surface area contributed by atoms with Crippen molar-refractivity contribution in [1.29, 1.82) is 0 Å². The number of ketones is 2. The zero-order valence-corrected chi connectivity index (χ0v) is 18.4. The molecule has 10 heteroatoms. The number of Topliss-reactive ketones (excluding diaryl/α,β-unsaturated/α-hetero) is 2. The highest BCUT2D eigenvalue weighted by molar-refractivity contribution is 6.23. The molecule has 0 saturated heterocycles. The van der Waals surface area contributed by atoms with Gasteiger partial charge in [-0.1, -0.05) is 25.6 Å². The lowest BCUT2D eigenvalue weighted by molar-refractivity contribution is -0.174. The molecule has 6 N–H and O–H groups in total. The van der Waals surface area contributed by atoms with Gasteiger partial charge in [0.15, 0.2) is 11.4 Å². The summed E-state index contributed by atoms with van der Waals surface area (Å²) in [6.07, 6.45) is -2.15. The number of esters is 1. The van der Waals surface area contributed by atoms with Crippen LogP contribution in [0.25, 0.3) is 11.3 Å². The molecule has 3 aliphatic rings. The Morgan fingerprint density at radius 3 is 2.47 bits per heavy atom. The Bertz CT molecular complexity index is 1270. The Morgan fingerprint density at radius 2 is 1.88 bits per heavy atom. The van der Waals surface area contributed by atoms with Crippen molar-refractivity contribution in [2.24, 2.45) is 17.6 Å². The predicted octanol–water partition coefficient (Wildman–Crippen LogP) is 1.13. The number of amides is 1. The van der Waals surface area contributed by atoms with Crippen LogP contribution in [0.4, 0.5) is 0 Å². The lowest BCUT2D eigenvalue weighted by Gasteiger charge is -2.50. The number of aliphatic hydroxyl groups excluding tert-OH is 2. The third kappa shape index (κ3) is 2.84. The Kier molecular flexibility index (Phi) is 5.17. The zero-order chi connectivity index (χ0) is 25.3. The lowest BCUT2D eigenvalue weighted by Crippen LogP contribution is -2.64. The van der Waals surface area contributed by atoms with Gasteiger partial charge in [0, 0.05) is 18.8 Å². The van der Waals surface area contributed by atoms with Crippen LogP contribution in [-0.2, 0) is 23.9 Å². The van der Waals surface area contributed by atoms with E-state index in [2.05, 4.69) is 6.58 Å². The SMILES string of the molecule is C=C1c2ccc(C)c(O)c2C(O)=C2C(=O)C3(O)C(O)=C(C(N)=O)C(=O)CC3C(OC(=O)CC)C12. The first-order valence-corrected chi connectivity index (χ1v) is 10.6. The Hall–Kier alpha value is -3.92. The number of benzene rings is 1. The van der Waals surface area contributed by atoms with E-state index in [1.54, 1.807) is 19.1 Å². The van der Waals surface area contributed by atoms with Crippen LogP contribution >= 0.6 is 0 Å². The number of aromatic hydroxyl groups is 1. The number of primary amides is 1. The number of carbonyl (C=O) groups is 4. The molecule has 10 nitrogen and oxygen atoms in total. The highest BCUT2D eigenvalue weighted by Crippen LogP contribution is 2.56. The molecular formula is C24H23NO9. The van der Waals surface area contributed by atoms with Gasteiger partial charge >= 0.3 is 5.97 Å². The van der Waals surface area contributed by atoms with Crippen molar-refractivity contribution in [2.45, 2.75) is 38.4 Å². The van der Waals surface area contributed by atoms with Crippen LogP contribution in [0.2, 0.25) is 0 Å². The van der Waals surface area contributed by atoms with Crippen molar-refractivity contribution in [1.82, 2.24) is 0 Å². The van der Waals surface area contributed by atoms with Gasteiger partial charge in [0.1, 0.15) is 28.9 Å². The van der Waals surface area contributed by atoms with Gasteiger partial charge in [-0.05, 0) is 23.6 Å². The Balaban J connectivity index is 2.07. The van der Waals surface area contributed by atoms with Gasteiger partial charge in [0.25, 0.3) is 5.91 Å². The average Bonchev–Trinajstić information content (AvgIpc) is 2.77. The summed E-state index contributed by atoms with van der Waals surface area (Å²) in [6, 6.07) is 3.14. The van der Waals surface area contributed by atoms with E-state index in [4.69, 9.17) is 10.5 Å². The molecule has 34 heavy (non-hydrogen) atoms. The topological polar surface area (TPSA) is 184 Å². The number of aliphatic hydroxyl groups is 3. The molecule has 1 amide bonds. The van der Waals surface area contributed by atoms with Gasteiger partial charge in [0.2, 0.25) is 5.78 Å². The van der Waals surface area contributed by atoms with Gasteiger partial charge in [0.05, 0.1) is 17.1 Å². The molecule has 0 radical (unpaired) electrons. The minimum absolute atomic E-state index is 0.0846. The van der Waals surface area contributed by atoms with E-state index in [0.29, 0.717) is 5.56 Å². The largest absolute Gasteiger partial charge is 0.508 e. The number of phenolic OH excluding ortho intramolecular Hbond substituents is 1. The van der Waals surface area contributed by atoms with Crippen molar-refractivity contribution in [3.8, 4) is 5.75 Å². The van der Waals surface area contributed by atoms with Crippen molar-refractivity contribution < 1.29 is 44.3 Å². The maximum Gasteiger partial charge on any atom is 0.305 e. The molecule has 1 fully saturated rings. The summed E-state index contributed by atoms with van der Waals surface area (Å²) in [4.78, 5) is 50.4. The van der Waals surface area contributed by atoms with Crippen LogP contribution < -0.4 is 5.73 Å². The average molecular weight is 469 g/mol. The zero-order valence-electron chi connectivity index (χ0n) is 18.4. The third-order valence-electron chi connectivity index (χ3n) is 6.84. The van der Waals surface area contributed by atoms with Gasteiger partial charge < -0.3 is 30.9 Å². The van der Waals surface area contributed by atoms with E-state index in [-0.39, 0.29) is 28.9 Å². The molecule has 4 rings (SSSR count). The maximum absolute atomic E-state index is 13.7. The van der Waals surface area contributed by atoms with Crippen LogP contribution in [0.1, 0.15) is 36.5 Å². The first-order chi connectivity index (χ1) is 15.9. The third-order valence-corrected chi connectivity index (χ3v) is 6.84. The summed E-state index contributed by atoms with van der Waals surface area (Å²) in [5, 5.41) is 44.0. The smallest absolute Gasteiger partial charge is 0.305 e. The number of nitrogens with two attached hydrogens (primary N) is 1. The van der Waals surface area contributed by atoms with E-state index < -0.39 is 76.1 Å². The quantitative estimate of drug-likeness (QED) is 0.320. The number of rotatable bonds is 3. The second-order valence-electron chi connectivity index (χ2n) is 8.64. The van der Waals surface area contributed by atoms with Crippen LogP contribution in [-0.4, -0.2) is 55.6 Å². The van der Waals surface area contributed by atoms with Crippen molar-refractivity contribution in [3.05, 3.63) is 52.3 Å². The maximum atomic E-state index is 13.7. The molecule has 3 aliphatic carbocycles. The fourth-order valence-electron chi connectivity index (χ4n) is 5.09. The molecule has 0 heterocycles. The Morgan fingerprint density at radius 1 is 1.24 bits per heavy atom. The second kappa shape index (κ2) is 7.56. The summed E-state index contributed by atoms with van der Waals surface area (Å²) >= 11 is 0. The van der Waals surface area contributed by atoms with Crippen molar-refractivity contribution >= 4 is 34.8 Å². The van der Waals surface area contributed by atoms with E-state index in [0.717, 1.165) is 0 Å². The molecule has 4 atom stereocenters. The summed E-state index contributed by atoms with van der Waals surface area (Å²) in [6.45, 7) is 7.07. The monoisotopic (exact) mass is 469 g/mol. The van der Waals surface area contributed by atoms with Gasteiger partial charge in [-0.3, -0.25) is 19.2 Å². The number of carbonyl (C=O) groups excluding carboxylic acids is 4. The number of fused-ring (bicyclic) bond motifs is 3. The Labute approximate surface area is 193 Å². The molecular weight excluding hydrogens is 446 g/mol. The van der Waals surface area contributed by atoms with Crippen LogP contribution in [0.15, 0.2) is 35.6 Å². The second-order valence-corrected chi connectivity index (χ2v) is 8.64. The summed E-state index contributed by atoms with van der Waals surface area (Å²) < 4.78 is 5.55. The van der Waals surface area contributed by atoms with E-state index in [1.165, 1.54) is 6.92 Å². The number of hydrogen-bond acceptors (Lipinski definition) is 9. The first kappa shape index (κ1) is 23.2.